The molecule has 1 aliphatic heterocycles. The van der Waals surface area contributed by atoms with E-state index in [1.165, 1.54) is 4.90 Å². The molecule has 1 N–H and O–H groups in total. The Hall–Kier alpha value is -2.24. The van der Waals surface area contributed by atoms with Gasteiger partial charge in [-0.2, -0.15) is 0 Å². The Morgan fingerprint density at radius 1 is 1.24 bits per heavy atom. The number of amides is 2. The summed E-state index contributed by atoms with van der Waals surface area (Å²) in [6.45, 7) is 7.93. The van der Waals surface area contributed by atoms with E-state index in [0.717, 1.165) is 17.7 Å². The van der Waals surface area contributed by atoms with E-state index in [0.29, 0.717) is 13.0 Å². The van der Waals surface area contributed by atoms with E-state index in [9.17, 15) is 9.59 Å². The van der Waals surface area contributed by atoms with Crippen LogP contribution in [0, 0.1) is 0 Å². The van der Waals surface area contributed by atoms with Crippen molar-refractivity contribution >= 4 is 12.0 Å². The number of likely N-dealkylation sites (tertiary alicyclic amines) is 1. The van der Waals surface area contributed by atoms with Gasteiger partial charge in [-0.05, 0) is 58.2 Å². The predicted molar refractivity (Wildman–Crippen MR) is 95.5 cm³/mol. The summed E-state index contributed by atoms with van der Waals surface area (Å²) in [5.74, 6) is 0.626. The van der Waals surface area contributed by atoms with Crippen LogP contribution in [0.15, 0.2) is 24.3 Å². The van der Waals surface area contributed by atoms with Gasteiger partial charge in [0.05, 0.1) is 13.2 Å². The zero-order valence-corrected chi connectivity index (χ0v) is 15.7. The van der Waals surface area contributed by atoms with Crippen molar-refractivity contribution in [2.75, 3.05) is 13.7 Å². The molecule has 138 valence electrons. The highest BCUT2D eigenvalue weighted by Crippen LogP contribution is 2.23. The summed E-state index contributed by atoms with van der Waals surface area (Å²) in [4.78, 5) is 26.5. The van der Waals surface area contributed by atoms with Gasteiger partial charge in [-0.15, -0.1) is 0 Å². The van der Waals surface area contributed by atoms with Crippen LogP contribution < -0.4 is 10.1 Å². The molecular formula is C19H28N2O4. The maximum atomic E-state index is 12.6. The number of rotatable bonds is 4. The molecular weight excluding hydrogens is 320 g/mol. The Bertz CT molecular complexity index is 607. The van der Waals surface area contributed by atoms with Crippen molar-refractivity contribution in [2.24, 2.45) is 0 Å². The lowest BCUT2D eigenvalue weighted by Gasteiger charge is -2.28. The first kappa shape index (κ1) is 19.1. The molecule has 1 heterocycles. The molecule has 2 rings (SSSR count). The summed E-state index contributed by atoms with van der Waals surface area (Å²) in [5.41, 5.74) is 0.410. The van der Waals surface area contributed by atoms with Crippen LogP contribution in [0.1, 0.15) is 52.1 Å². The van der Waals surface area contributed by atoms with Crippen LogP contribution in [0.25, 0.3) is 0 Å². The number of benzene rings is 1. The number of nitrogens with one attached hydrogen (secondary N) is 1. The summed E-state index contributed by atoms with van der Waals surface area (Å²) >= 11 is 0. The van der Waals surface area contributed by atoms with E-state index in [-0.39, 0.29) is 11.9 Å². The first-order valence-electron chi connectivity index (χ1n) is 8.65. The molecule has 1 fully saturated rings. The number of hydrogen-bond donors (Lipinski definition) is 1. The third-order valence-corrected chi connectivity index (χ3v) is 4.16. The Kier molecular flexibility index (Phi) is 5.93. The maximum absolute atomic E-state index is 12.6. The quantitative estimate of drug-likeness (QED) is 0.907. The molecule has 0 aliphatic carbocycles. The smallest absolute Gasteiger partial charge is 0.410 e. The van der Waals surface area contributed by atoms with Gasteiger partial charge in [0.15, 0.2) is 0 Å². The minimum absolute atomic E-state index is 0.147. The molecule has 2 atom stereocenters. The molecule has 1 aliphatic rings. The third kappa shape index (κ3) is 5.11. The molecule has 0 radical (unpaired) electrons. The van der Waals surface area contributed by atoms with Crippen LogP contribution in [0.5, 0.6) is 5.75 Å². The first-order chi connectivity index (χ1) is 11.7. The van der Waals surface area contributed by atoms with Crippen molar-refractivity contribution in [3.63, 3.8) is 0 Å². The monoisotopic (exact) mass is 348 g/mol. The summed E-state index contributed by atoms with van der Waals surface area (Å²) < 4.78 is 10.6. The van der Waals surface area contributed by atoms with Crippen molar-refractivity contribution in [1.29, 1.82) is 0 Å². The van der Waals surface area contributed by atoms with Crippen molar-refractivity contribution in [1.82, 2.24) is 10.2 Å². The first-order valence-corrected chi connectivity index (χ1v) is 8.65. The second-order valence-electron chi connectivity index (χ2n) is 7.34. The molecule has 6 heteroatoms. The molecule has 1 saturated heterocycles. The van der Waals surface area contributed by atoms with Crippen LogP contribution in [0.4, 0.5) is 4.79 Å². The van der Waals surface area contributed by atoms with Gasteiger partial charge in [-0.25, -0.2) is 4.79 Å². The molecule has 1 aromatic carbocycles. The zero-order valence-electron chi connectivity index (χ0n) is 15.7. The van der Waals surface area contributed by atoms with Crippen molar-refractivity contribution < 1.29 is 19.1 Å². The average molecular weight is 348 g/mol. The number of methoxy groups -OCH3 is 1. The lowest BCUT2D eigenvalue weighted by molar-refractivity contribution is -0.126. The van der Waals surface area contributed by atoms with Gasteiger partial charge in [0.25, 0.3) is 0 Å². The summed E-state index contributed by atoms with van der Waals surface area (Å²) in [5, 5.41) is 2.99. The van der Waals surface area contributed by atoms with Crippen LogP contribution in [-0.2, 0) is 9.53 Å². The van der Waals surface area contributed by atoms with Crippen molar-refractivity contribution in [3.05, 3.63) is 29.8 Å². The molecule has 25 heavy (non-hydrogen) atoms. The number of hydrogen-bond acceptors (Lipinski definition) is 4. The average Bonchev–Trinajstić information content (AvgIpc) is 3.03. The van der Waals surface area contributed by atoms with Crippen molar-refractivity contribution in [2.45, 2.75) is 58.2 Å². The van der Waals surface area contributed by atoms with Gasteiger partial charge in [-0.3, -0.25) is 9.69 Å². The molecule has 1 aromatic rings. The van der Waals surface area contributed by atoms with Gasteiger partial charge in [0, 0.05) is 6.54 Å². The topological polar surface area (TPSA) is 67.9 Å². The fourth-order valence-electron chi connectivity index (χ4n) is 2.86. The van der Waals surface area contributed by atoms with Crippen LogP contribution >= 0.6 is 0 Å². The second-order valence-corrected chi connectivity index (χ2v) is 7.34. The van der Waals surface area contributed by atoms with E-state index in [1.807, 2.05) is 52.0 Å². The van der Waals surface area contributed by atoms with Crippen molar-refractivity contribution in [3.8, 4) is 5.75 Å². The lowest BCUT2D eigenvalue weighted by atomic mass is 10.1. The molecule has 0 bridgehead atoms. The Labute approximate surface area is 149 Å². The largest absolute Gasteiger partial charge is 0.497 e. The Morgan fingerprint density at radius 2 is 1.88 bits per heavy atom. The van der Waals surface area contributed by atoms with Gasteiger partial charge in [0.2, 0.25) is 5.91 Å². The minimum Gasteiger partial charge on any atom is -0.497 e. The highest BCUT2D eigenvalue weighted by molar-refractivity contribution is 5.86. The Morgan fingerprint density at radius 3 is 2.44 bits per heavy atom. The summed E-state index contributed by atoms with van der Waals surface area (Å²) in [7, 11) is 1.62. The van der Waals surface area contributed by atoms with Gasteiger partial charge in [0.1, 0.15) is 17.4 Å². The van der Waals surface area contributed by atoms with Gasteiger partial charge < -0.3 is 14.8 Å². The van der Waals surface area contributed by atoms with E-state index < -0.39 is 17.7 Å². The number of nitrogens with zero attached hydrogens (tertiary/aromatic N) is 1. The fraction of sp³-hybridized carbons (Fsp3) is 0.579. The fourth-order valence-corrected chi connectivity index (χ4v) is 2.86. The second kappa shape index (κ2) is 7.76. The number of carbonyl (C=O) groups is 2. The van der Waals surface area contributed by atoms with Gasteiger partial charge in [-0.1, -0.05) is 12.1 Å². The van der Waals surface area contributed by atoms with Crippen LogP contribution in [-0.4, -0.2) is 42.2 Å². The van der Waals surface area contributed by atoms with Crippen LogP contribution in [0.2, 0.25) is 0 Å². The number of carbonyl (C=O) groups excluding carboxylic acids is 2. The normalized spacial score (nSPS) is 18.6. The molecule has 2 amide bonds. The summed E-state index contributed by atoms with van der Waals surface area (Å²) in [6.07, 6.45) is 1.02. The maximum Gasteiger partial charge on any atom is 0.410 e. The standard InChI is InChI=1S/C19H28N2O4/c1-13(14-8-10-15(24-5)11-9-14)20-17(22)16-7-6-12-21(16)18(23)25-19(2,3)4/h8-11,13,16H,6-7,12H2,1-5H3,(H,20,22)/t13-,16+/m1/s1. The minimum atomic E-state index is -0.572. The molecule has 0 unspecified atom stereocenters. The van der Waals surface area contributed by atoms with Crippen LogP contribution in [0.3, 0.4) is 0 Å². The molecule has 0 spiro atoms. The molecule has 6 nitrogen and oxygen atoms in total. The van der Waals surface area contributed by atoms with E-state index in [1.54, 1.807) is 7.11 Å². The summed E-state index contributed by atoms with van der Waals surface area (Å²) in [6, 6.07) is 6.94. The molecule has 0 aromatic heterocycles. The predicted octanol–water partition coefficient (Wildman–Crippen LogP) is 3.27. The highest BCUT2D eigenvalue weighted by atomic mass is 16.6. The zero-order chi connectivity index (χ0) is 18.6. The number of ether oxygens (including phenoxy) is 2. The van der Waals surface area contributed by atoms with E-state index in [4.69, 9.17) is 9.47 Å². The van der Waals surface area contributed by atoms with E-state index in [2.05, 4.69) is 5.32 Å². The highest BCUT2D eigenvalue weighted by Gasteiger charge is 2.36. The SMILES string of the molecule is COc1ccc([C@@H](C)NC(=O)[C@@H]2CCCN2C(=O)OC(C)(C)C)cc1. The van der Waals surface area contributed by atoms with Gasteiger partial charge >= 0.3 is 6.09 Å². The van der Waals surface area contributed by atoms with E-state index >= 15 is 0 Å². The Balaban J connectivity index is 1.99. The third-order valence-electron chi connectivity index (χ3n) is 4.16. The lowest BCUT2D eigenvalue weighted by Crippen LogP contribution is -2.48. The molecule has 0 saturated carbocycles.